The van der Waals surface area contributed by atoms with Crippen molar-refractivity contribution >= 4 is 0 Å². The zero-order chi connectivity index (χ0) is 8.39. The Morgan fingerprint density at radius 3 is 2.38 bits per heavy atom. The zero-order valence-corrected chi connectivity index (χ0v) is 11.5. The van der Waals surface area contributed by atoms with E-state index in [0.717, 1.165) is 39.0 Å². The van der Waals surface area contributed by atoms with Crippen LogP contribution in [0.2, 0.25) is 0 Å². The molecule has 2 rings (SSSR count). The van der Waals surface area contributed by atoms with Crippen molar-refractivity contribution in [2.75, 3.05) is 26.2 Å². The van der Waals surface area contributed by atoms with Crippen LogP contribution in [0.15, 0.2) is 0 Å². The molecular formula is C9H16FKN2. The molecule has 0 aromatic rings. The van der Waals surface area contributed by atoms with Crippen molar-refractivity contribution < 1.29 is 55.8 Å². The van der Waals surface area contributed by atoms with Crippen LogP contribution < -0.4 is 51.4 Å². The van der Waals surface area contributed by atoms with E-state index in [4.69, 9.17) is 0 Å². The van der Waals surface area contributed by atoms with Gasteiger partial charge in [0.25, 0.3) is 0 Å². The first-order valence-electron chi connectivity index (χ1n) is 4.87. The molecule has 0 amide bonds. The van der Waals surface area contributed by atoms with Crippen molar-refractivity contribution in [1.82, 2.24) is 4.90 Å². The van der Waals surface area contributed by atoms with Crippen molar-refractivity contribution in [3.63, 3.8) is 0 Å². The quantitative estimate of drug-likeness (QED) is 0.485. The molecule has 0 saturated carbocycles. The molecule has 0 aliphatic carbocycles. The minimum absolute atomic E-state index is 0. The van der Waals surface area contributed by atoms with Crippen LogP contribution in [0, 0.1) is 0 Å². The second kappa shape index (κ2) is 6.15. The Morgan fingerprint density at radius 2 is 1.85 bits per heavy atom. The number of rotatable bonds is 1. The van der Waals surface area contributed by atoms with Gasteiger partial charge < -0.3 is 10.2 Å². The van der Waals surface area contributed by atoms with Gasteiger partial charge in [0.05, 0.1) is 0 Å². The van der Waals surface area contributed by atoms with Crippen molar-refractivity contribution in [2.24, 2.45) is 0 Å². The molecule has 2 fully saturated rings. The second-order valence-corrected chi connectivity index (χ2v) is 3.78. The summed E-state index contributed by atoms with van der Waals surface area (Å²) >= 11 is 0. The van der Waals surface area contributed by atoms with Gasteiger partial charge in [0.1, 0.15) is 6.17 Å². The second-order valence-electron chi connectivity index (χ2n) is 3.78. The number of nitrogens with zero attached hydrogens (tertiary/aromatic N) is 2. The molecule has 0 aromatic carbocycles. The monoisotopic (exact) mass is 210 g/mol. The van der Waals surface area contributed by atoms with E-state index in [2.05, 4.69) is 10.2 Å². The topological polar surface area (TPSA) is 17.3 Å². The molecule has 1 atom stereocenters. The van der Waals surface area contributed by atoms with Crippen LogP contribution in [0.25, 0.3) is 5.32 Å². The largest absolute Gasteiger partial charge is 1.00 e. The molecule has 13 heavy (non-hydrogen) atoms. The van der Waals surface area contributed by atoms with Crippen molar-refractivity contribution in [2.45, 2.75) is 31.5 Å². The average molecular weight is 210 g/mol. The summed E-state index contributed by atoms with van der Waals surface area (Å²) in [5, 5.41) is 4.32. The molecule has 0 radical (unpaired) electrons. The van der Waals surface area contributed by atoms with Gasteiger partial charge in [-0.1, -0.05) is 6.42 Å². The first-order chi connectivity index (χ1) is 5.86. The number of hydrogen-bond donors (Lipinski definition) is 0. The molecule has 2 saturated heterocycles. The molecule has 1 unspecified atom stereocenters. The summed E-state index contributed by atoms with van der Waals surface area (Å²) in [6.07, 6.45) is 2.11. The van der Waals surface area contributed by atoms with Gasteiger partial charge in [-0.05, 0) is 18.9 Å². The molecule has 0 N–H and O–H groups in total. The summed E-state index contributed by atoms with van der Waals surface area (Å²) in [7, 11) is 0. The van der Waals surface area contributed by atoms with Crippen LogP contribution in [-0.2, 0) is 0 Å². The third kappa shape index (κ3) is 3.52. The summed E-state index contributed by atoms with van der Waals surface area (Å²) in [6, 6.07) is 0.637. The van der Waals surface area contributed by atoms with E-state index < -0.39 is 6.17 Å². The molecule has 70 valence electrons. The number of piperidine rings is 1. The molecule has 0 bridgehead atoms. The van der Waals surface area contributed by atoms with Gasteiger partial charge in [-0.3, -0.25) is 0 Å². The smallest absolute Gasteiger partial charge is 0.661 e. The van der Waals surface area contributed by atoms with E-state index in [-0.39, 0.29) is 51.4 Å². The number of halogens is 1. The first-order valence-corrected chi connectivity index (χ1v) is 4.87. The molecule has 2 aliphatic rings. The number of alkyl halides is 1. The normalized spacial score (nSPS) is 31.6. The van der Waals surface area contributed by atoms with Crippen LogP contribution in [-0.4, -0.2) is 43.3 Å². The summed E-state index contributed by atoms with van der Waals surface area (Å²) in [5.41, 5.74) is 0. The fraction of sp³-hybridized carbons (Fsp3) is 1.00. The summed E-state index contributed by atoms with van der Waals surface area (Å²) in [6.45, 7) is 3.89. The molecule has 2 aliphatic heterocycles. The van der Waals surface area contributed by atoms with E-state index in [9.17, 15) is 4.39 Å². The summed E-state index contributed by atoms with van der Waals surface area (Å²) < 4.78 is 12.8. The third-order valence-electron chi connectivity index (χ3n) is 2.94. The Morgan fingerprint density at radius 1 is 1.15 bits per heavy atom. The van der Waals surface area contributed by atoms with Crippen molar-refractivity contribution in [1.29, 1.82) is 0 Å². The predicted octanol–water partition coefficient (Wildman–Crippen LogP) is -1.43. The van der Waals surface area contributed by atoms with Gasteiger partial charge in [-0.2, -0.15) is 0 Å². The maximum Gasteiger partial charge on any atom is 1.00 e. The van der Waals surface area contributed by atoms with E-state index in [0.29, 0.717) is 6.04 Å². The Balaban J connectivity index is 0.000000845. The first kappa shape index (κ1) is 12.6. The average Bonchev–Trinajstić information content (AvgIpc) is 2.58. The molecule has 2 nitrogen and oxygen atoms in total. The van der Waals surface area contributed by atoms with Gasteiger partial charge in [0.15, 0.2) is 0 Å². The Labute approximate surface area is 122 Å². The molecule has 0 aromatic heterocycles. The van der Waals surface area contributed by atoms with Crippen LogP contribution in [0.5, 0.6) is 0 Å². The molecule has 2 heterocycles. The van der Waals surface area contributed by atoms with Crippen LogP contribution in [0.4, 0.5) is 4.39 Å². The maximum absolute atomic E-state index is 12.8. The van der Waals surface area contributed by atoms with E-state index in [1.54, 1.807) is 0 Å². The minimum atomic E-state index is -0.542. The van der Waals surface area contributed by atoms with E-state index in [1.165, 1.54) is 6.42 Å². The SMILES string of the molecule is FC1CCN(C2CC[N-]C2)CC1.[K+]. The van der Waals surface area contributed by atoms with Gasteiger partial charge in [-0.15, -0.1) is 13.1 Å². The van der Waals surface area contributed by atoms with Gasteiger partial charge >= 0.3 is 51.4 Å². The van der Waals surface area contributed by atoms with Gasteiger partial charge in [0.2, 0.25) is 0 Å². The standard InChI is InChI=1S/C9H16FN2.K/c10-8-2-5-12(6-3-8)9-1-4-11-7-9;/h8-9H,1-7H2;/q-1;+1. The summed E-state index contributed by atoms with van der Waals surface area (Å²) in [4.78, 5) is 2.41. The van der Waals surface area contributed by atoms with Crippen LogP contribution in [0.3, 0.4) is 0 Å². The van der Waals surface area contributed by atoms with E-state index >= 15 is 0 Å². The van der Waals surface area contributed by atoms with Crippen molar-refractivity contribution in [3.05, 3.63) is 5.32 Å². The van der Waals surface area contributed by atoms with Crippen LogP contribution in [0.1, 0.15) is 19.3 Å². The zero-order valence-electron chi connectivity index (χ0n) is 8.38. The Hall–Kier alpha value is 1.49. The predicted molar refractivity (Wildman–Crippen MR) is 47.2 cm³/mol. The molecular weight excluding hydrogens is 194 g/mol. The fourth-order valence-corrected chi connectivity index (χ4v) is 2.10. The molecule has 0 spiro atoms. The van der Waals surface area contributed by atoms with Gasteiger partial charge in [-0.25, -0.2) is 4.39 Å². The number of hydrogen-bond acceptors (Lipinski definition) is 1. The maximum atomic E-state index is 12.8. The summed E-state index contributed by atoms with van der Waals surface area (Å²) in [5.74, 6) is 0. The third-order valence-corrected chi connectivity index (χ3v) is 2.94. The fourth-order valence-electron chi connectivity index (χ4n) is 2.10. The molecule has 4 heteroatoms. The van der Waals surface area contributed by atoms with Gasteiger partial charge in [0, 0.05) is 13.1 Å². The van der Waals surface area contributed by atoms with E-state index in [1.807, 2.05) is 0 Å². The number of likely N-dealkylation sites (tertiary alicyclic amines) is 1. The Bertz CT molecular complexity index is 143. The minimum Gasteiger partial charge on any atom is -0.661 e. The Kier molecular flexibility index (Phi) is 5.94. The van der Waals surface area contributed by atoms with Crippen molar-refractivity contribution in [3.8, 4) is 0 Å². The van der Waals surface area contributed by atoms with Crippen LogP contribution >= 0.6 is 0 Å².